The fourth-order valence-corrected chi connectivity index (χ4v) is 3.43. The normalized spacial score (nSPS) is 13.5. The maximum Gasteiger partial charge on any atom is 0.361 e. The third-order valence-electron chi connectivity index (χ3n) is 4.47. The molecule has 0 unspecified atom stereocenters. The highest BCUT2D eigenvalue weighted by Crippen LogP contribution is 2.43. The van der Waals surface area contributed by atoms with Gasteiger partial charge in [-0.05, 0) is 43.5 Å². The number of carbonyl (C=O) groups excluding carboxylic acids is 2. The van der Waals surface area contributed by atoms with Crippen molar-refractivity contribution in [1.82, 2.24) is 19.9 Å². The van der Waals surface area contributed by atoms with E-state index in [1.54, 1.807) is 30.1 Å². The van der Waals surface area contributed by atoms with Crippen molar-refractivity contribution < 1.29 is 18.8 Å². The summed E-state index contributed by atoms with van der Waals surface area (Å²) in [5.74, 6) is -0.392. The van der Waals surface area contributed by atoms with Crippen LogP contribution in [0.15, 0.2) is 39.8 Å². The number of halogens is 1. The molecule has 1 aromatic carbocycles. The number of carbonyl (C=O) groups is 2. The molecular formula is C19H17BrN4O4. The third-order valence-corrected chi connectivity index (χ3v) is 4.97. The Hall–Kier alpha value is -2.81. The van der Waals surface area contributed by atoms with E-state index in [9.17, 15) is 9.59 Å². The largest absolute Gasteiger partial charge is 0.461 e. The minimum absolute atomic E-state index is 0.0663. The zero-order valence-electron chi connectivity index (χ0n) is 15.1. The summed E-state index contributed by atoms with van der Waals surface area (Å²) in [6.07, 6.45) is 4.82. The topological polar surface area (TPSA) is 100 Å². The molecule has 0 N–H and O–H groups in total. The molecule has 0 saturated heterocycles. The van der Waals surface area contributed by atoms with Crippen molar-refractivity contribution in [2.45, 2.75) is 32.2 Å². The third kappa shape index (κ3) is 3.62. The fourth-order valence-electron chi connectivity index (χ4n) is 3.02. The van der Waals surface area contributed by atoms with Gasteiger partial charge in [-0.15, -0.1) is 0 Å². The number of hydrogen-bond acceptors (Lipinski definition) is 7. The summed E-state index contributed by atoms with van der Waals surface area (Å²) in [5.41, 5.74) is 1.32. The highest BCUT2D eigenvalue weighted by atomic mass is 79.9. The first kappa shape index (κ1) is 18.5. The molecule has 0 spiro atoms. The quantitative estimate of drug-likeness (QED) is 0.406. The molecule has 4 rings (SSSR count). The first-order chi connectivity index (χ1) is 13.6. The van der Waals surface area contributed by atoms with Gasteiger partial charge in [0.05, 0.1) is 13.2 Å². The van der Waals surface area contributed by atoms with Crippen LogP contribution in [0.1, 0.15) is 63.4 Å². The lowest BCUT2D eigenvalue weighted by atomic mass is 9.95. The zero-order chi connectivity index (χ0) is 19.7. The molecular weight excluding hydrogens is 428 g/mol. The Morgan fingerprint density at radius 2 is 2.18 bits per heavy atom. The maximum atomic E-state index is 13.5. The Morgan fingerprint density at radius 3 is 2.86 bits per heavy atom. The number of rotatable bonds is 7. The molecule has 2 aromatic heterocycles. The van der Waals surface area contributed by atoms with E-state index in [-0.39, 0.29) is 29.6 Å². The summed E-state index contributed by atoms with van der Waals surface area (Å²) >= 11 is 3.44. The summed E-state index contributed by atoms with van der Waals surface area (Å²) in [6.45, 7) is 2.25. The van der Waals surface area contributed by atoms with E-state index in [0.29, 0.717) is 17.9 Å². The van der Waals surface area contributed by atoms with E-state index in [1.807, 2.05) is 6.07 Å². The maximum absolute atomic E-state index is 13.5. The number of ether oxygens (including phenoxy) is 1. The minimum atomic E-state index is -0.656. The monoisotopic (exact) mass is 444 g/mol. The summed E-state index contributed by atoms with van der Waals surface area (Å²) < 4.78 is 12.9. The van der Waals surface area contributed by atoms with Crippen LogP contribution in [-0.4, -0.2) is 38.3 Å². The van der Waals surface area contributed by atoms with E-state index in [0.717, 1.165) is 22.9 Å². The Kier molecular flexibility index (Phi) is 5.08. The second kappa shape index (κ2) is 7.67. The molecule has 0 atom stereocenters. The van der Waals surface area contributed by atoms with Crippen molar-refractivity contribution >= 4 is 27.7 Å². The molecule has 2 heterocycles. The van der Waals surface area contributed by atoms with Crippen LogP contribution < -0.4 is 0 Å². The van der Waals surface area contributed by atoms with Gasteiger partial charge in [-0.25, -0.2) is 14.5 Å². The van der Waals surface area contributed by atoms with Crippen molar-refractivity contribution in [3.05, 3.63) is 63.5 Å². The van der Waals surface area contributed by atoms with E-state index in [4.69, 9.17) is 9.26 Å². The van der Waals surface area contributed by atoms with Crippen molar-refractivity contribution in [1.29, 1.82) is 0 Å². The number of hydrogen-bond donors (Lipinski definition) is 0. The lowest BCUT2D eigenvalue weighted by Crippen LogP contribution is -2.15. The van der Waals surface area contributed by atoms with Crippen molar-refractivity contribution in [2.24, 2.45) is 0 Å². The highest BCUT2D eigenvalue weighted by Gasteiger charge is 2.38. The average molecular weight is 445 g/mol. The summed E-state index contributed by atoms with van der Waals surface area (Å²) in [5, 5.41) is 7.96. The first-order valence-corrected chi connectivity index (χ1v) is 9.70. The lowest BCUT2D eigenvalue weighted by Gasteiger charge is -2.10. The molecule has 8 nitrogen and oxygen atoms in total. The van der Waals surface area contributed by atoms with Gasteiger partial charge in [-0.2, -0.15) is 5.10 Å². The summed E-state index contributed by atoms with van der Waals surface area (Å²) in [7, 11) is 0. The van der Waals surface area contributed by atoms with Crippen molar-refractivity contribution in [3.63, 3.8) is 0 Å². The highest BCUT2D eigenvalue weighted by molar-refractivity contribution is 9.10. The molecule has 0 bridgehead atoms. The van der Waals surface area contributed by atoms with Crippen LogP contribution >= 0.6 is 15.9 Å². The molecule has 1 aliphatic carbocycles. The molecule has 0 amide bonds. The Balaban J connectivity index is 1.78. The van der Waals surface area contributed by atoms with Gasteiger partial charge in [0.25, 0.3) is 0 Å². The smallest absolute Gasteiger partial charge is 0.361 e. The standard InChI is InChI=1S/C19H17BrN4O4/c1-2-27-19(26)16-15(18(28-23-16)11-3-4-11)17(25)14-6-5-13(20)7-12(14)8-24-10-21-9-22-24/h5-7,9-11H,2-4,8H2,1H3. The molecule has 28 heavy (non-hydrogen) atoms. The molecule has 0 aliphatic heterocycles. The van der Waals surface area contributed by atoms with E-state index < -0.39 is 5.97 Å². The molecule has 1 saturated carbocycles. The lowest BCUT2D eigenvalue weighted by molar-refractivity contribution is 0.0512. The van der Waals surface area contributed by atoms with Crippen molar-refractivity contribution in [2.75, 3.05) is 6.61 Å². The SMILES string of the molecule is CCOC(=O)c1noc(C2CC2)c1C(=O)c1ccc(Br)cc1Cn1cncn1. The van der Waals surface area contributed by atoms with E-state index in [2.05, 4.69) is 31.2 Å². The second-order valence-corrected chi connectivity index (χ2v) is 7.40. The predicted molar refractivity (Wildman–Crippen MR) is 101 cm³/mol. The van der Waals surface area contributed by atoms with Gasteiger partial charge in [0, 0.05) is 16.0 Å². The summed E-state index contributed by atoms with van der Waals surface area (Å²) in [4.78, 5) is 29.7. The average Bonchev–Trinajstić information content (AvgIpc) is 3.21. The number of nitrogens with zero attached hydrogens (tertiary/aromatic N) is 4. The van der Waals surface area contributed by atoms with Gasteiger partial charge >= 0.3 is 5.97 Å². The zero-order valence-corrected chi connectivity index (χ0v) is 16.7. The number of ketones is 1. The van der Waals surface area contributed by atoms with Gasteiger partial charge in [-0.3, -0.25) is 4.79 Å². The van der Waals surface area contributed by atoms with Crippen LogP contribution in [-0.2, 0) is 11.3 Å². The molecule has 3 aromatic rings. The van der Waals surface area contributed by atoms with Crippen LogP contribution in [0.4, 0.5) is 0 Å². The van der Waals surface area contributed by atoms with E-state index in [1.165, 1.54) is 6.33 Å². The van der Waals surface area contributed by atoms with Crippen LogP contribution in [0.25, 0.3) is 0 Å². The molecule has 144 valence electrons. The molecule has 0 radical (unpaired) electrons. The van der Waals surface area contributed by atoms with Gasteiger partial charge < -0.3 is 9.26 Å². The van der Waals surface area contributed by atoms with Crippen molar-refractivity contribution in [3.8, 4) is 0 Å². The Morgan fingerprint density at radius 1 is 1.36 bits per heavy atom. The fraction of sp³-hybridized carbons (Fsp3) is 0.316. The van der Waals surface area contributed by atoms with E-state index >= 15 is 0 Å². The van der Waals surface area contributed by atoms with Crippen LogP contribution in [0.2, 0.25) is 0 Å². The molecule has 1 fully saturated rings. The van der Waals surface area contributed by atoms with Crippen LogP contribution in [0, 0.1) is 0 Å². The van der Waals surface area contributed by atoms with Gasteiger partial charge in [-0.1, -0.05) is 21.1 Å². The number of esters is 1. The van der Waals surface area contributed by atoms with Gasteiger partial charge in [0.2, 0.25) is 5.69 Å². The minimum Gasteiger partial charge on any atom is -0.461 e. The molecule has 9 heteroatoms. The van der Waals surface area contributed by atoms with Crippen LogP contribution in [0.5, 0.6) is 0 Å². The number of benzene rings is 1. The summed E-state index contributed by atoms with van der Waals surface area (Å²) in [6, 6.07) is 5.35. The first-order valence-electron chi connectivity index (χ1n) is 8.90. The predicted octanol–water partition coefficient (Wildman–Crippen LogP) is 3.36. The molecule has 1 aliphatic rings. The van der Waals surface area contributed by atoms with Gasteiger partial charge in [0.15, 0.2) is 11.5 Å². The number of aromatic nitrogens is 4. The second-order valence-electron chi connectivity index (χ2n) is 6.49. The van der Waals surface area contributed by atoms with Crippen LogP contribution in [0.3, 0.4) is 0 Å². The Bertz CT molecular complexity index is 1020. The van der Waals surface area contributed by atoms with Gasteiger partial charge in [0.1, 0.15) is 18.2 Å². The Labute approximate surface area is 169 Å².